The lowest BCUT2D eigenvalue weighted by molar-refractivity contribution is -0.137. The van der Waals surface area contributed by atoms with E-state index in [0.717, 1.165) is 37.8 Å². The van der Waals surface area contributed by atoms with Gasteiger partial charge < -0.3 is 27.1 Å². The van der Waals surface area contributed by atoms with Crippen LogP contribution in [0.5, 0.6) is 0 Å². The van der Waals surface area contributed by atoms with Gasteiger partial charge in [-0.05, 0) is 61.9 Å². The summed E-state index contributed by atoms with van der Waals surface area (Å²) in [5, 5.41) is 11.5. The second-order valence-corrected chi connectivity index (χ2v) is 9.09. The number of hydrogen-bond acceptors (Lipinski definition) is 4. The molecule has 4 rings (SSSR count). The zero-order valence-electron chi connectivity index (χ0n) is 19.2. The number of rotatable bonds is 6. The fourth-order valence-corrected chi connectivity index (χ4v) is 4.64. The summed E-state index contributed by atoms with van der Waals surface area (Å²) in [6.07, 6.45) is -0.788. The Labute approximate surface area is 201 Å². The molecule has 3 aromatic rings. The van der Waals surface area contributed by atoms with Crippen molar-refractivity contribution in [3.63, 3.8) is 0 Å². The van der Waals surface area contributed by atoms with E-state index >= 15 is 0 Å². The van der Waals surface area contributed by atoms with Crippen molar-refractivity contribution in [3.05, 3.63) is 64.8 Å². The Morgan fingerprint density at radius 1 is 1.09 bits per heavy atom. The van der Waals surface area contributed by atoms with Crippen molar-refractivity contribution in [1.29, 1.82) is 5.41 Å². The molecule has 186 valence electrons. The largest absolute Gasteiger partial charge is 0.416 e. The molecule has 0 saturated heterocycles. The fourth-order valence-electron chi connectivity index (χ4n) is 4.64. The topological polar surface area (TPSA) is 136 Å². The number of nitrogen functional groups attached to an aromatic ring is 2. The number of halogens is 3. The first-order valence-corrected chi connectivity index (χ1v) is 11.5. The number of aryl methyl sites for hydroxylation is 2. The van der Waals surface area contributed by atoms with E-state index < -0.39 is 11.7 Å². The summed E-state index contributed by atoms with van der Waals surface area (Å²) in [6.45, 7) is 0.304. The summed E-state index contributed by atoms with van der Waals surface area (Å²) in [5.41, 5.74) is 19.8. The van der Waals surface area contributed by atoms with Crippen LogP contribution in [0.1, 0.15) is 52.9 Å². The molecule has 1 heterocycles. The Kier molecular flexibility index (Phi) is 6.75. The van der Waals surface area contributed by atoms with Gasteiger partial charge in [0.2, 0.25) is 0 Å². The van der Waals surface area contributed by atoms with E-state index in [0.29, 0.717) is 46.4 Å². The van der Waals surface area contributed by atoms with Gasteiger partial charge in [0.1, 0.15) is 11.5 Å². The van der Waals surface area contributed by atoms with E-state index in [1.54, 1.807) is 22.8 Å². The highest BCUT2D eigenvalue weighted by Gasteiger charge is 2.30. The molecule has 8 N–H and O–H groups in total. The van der Waals surface area contributed by atoms with E-state index in [2.05, 4.69) is 5.32 Å². The van der Waals surface area contributed by atoms with Crippen LogP contribution < -0.4 is 22.5 Å². The van der Waals surface area contributed by atoms with Crippen LogP contribution in [0.15, 0.2) is 42.5 Å². The van der Waals surface area contributed by atoms with Crippen molar-refractivity contribution < 1.29 is 18.0 Å². The van der Waals surface area contributed by atoms with Crippen molar-refractivity contribution in [3.8, 4) is 0 Å². The van der Waals surface area contributed by atoms with Gasteiger partial charge in [-0.15, -0.1) is 0 Å². The molecule has 1 aromatic heterocycles. The third-order valence-corrected chi connectivity index (χ3v) is 6.64. The van der Waals surface area contributed by atoms with Crippen molar-refractivity contribution in [2.75, 3.05) is 5.73 Å². The second kappa shape index (κ2) is 9.61. The number of nitrogens with one attached hydrogen (secondary N) is 2. The van der Waals surface area contributed by atoms with Gasteiger partial charge in [-0.1, -0.05) is 18.2 Å². The molecule has 2 aromatic carbocycles. The highest BCUT2D eigenvalue weighted by Crippen LogP contribution is 2.32. The van der Waals surface area contributed by atoms with Crippen LogP contribution in [-0.4, -0.2) is 28.4 Å². The van der Waals surface area contributed by atoms with Gasteiger partial charge in [-0.3, -0.25) is 10.2 Å². The molecule has 0 spiro atoms. The number of nitrogens with zero attached hydrogens (tertiary/aromatic N) is 1. The lowest BCUT2D eigenvalue weighted by Gasteiger charge is -2.27. The number of carbonyl (C=O) groups is 1. The number of aromatic nitrogens is 1. The molecule has 1 aliphatic carbocycles. The number of alkyl halides is 3. The van der Waals surface area contributed by atoms with Crippen molar-refractivity contribution in [2.24, 2.45) is 11.5 Å². The summed E-state index contributed by atoms with van der Waals surface area (Å²) in [5.74, 6) is -0.429. The summed E-state index contributed by atoms with van der Waals surface area (Å²) >= 11 is 0. The van der Waals surface area contributed by atoms with Crippen LogP contribution >= 0.6 is 0 Å². The molecule has 35 heavy (non-hydrogen) atoms. The van der Waals surface area contributed by atoms with Crippen LogP contribution in [0.2, 0.25) is 0 Å². The first kappa shape index (κ1) is 24.6. The van der Waals surface area contributed by atoms with Gasteiger partial charge in [0, 0.05) is 29.6 Å². The molecule has 1 saturated carbocycles. The minimum atomic E-state index is -4.40. The van der Waals surface area contributed by atoms with Gasteiger partial charge in [0.05, 0.1) is 16.8 Å². The number of fused-ring (bicyclic) bond motifs is 1. The molecule has 1 fully saturated rings. The van der Waals surface area contributed by atoms with Crippen LogP contribution in [0.3, 0.4) is 0 Å². The van der Waals surface area contributed by atoms with Gasteiger partial charge in [0.15, 0.2) is 0 Å². The lowest BCUT2D eigenvalue weighted by Crippen LogP contribution is -2.41. The first-order chi connectivity index (χ1) is 16.5. The highest BCUT2D eigenvalue weighted by atomic mass is 19.4. The molecule has 0 radical (unpaired) electrons. The van der Waals surface area contributed by atoms with Crippen molar-refractivity contribution >= 4 is 28.3 Å². The van der Waals surface area contributed by atoms with E-state index in [-0.39, 0.29) is 23.8 Å². The number of amidine groups is 1. The van der Waals surface area contributed by atoms with Crippen LogP contribution in [0.25, 0.3) is 10.9 Å². The smallest absolute Gasteiger partial charge is 0.396 e. The third kappa shape index (κ3) is 5.27. The highest BCUT2D eigenvalue weighted by molar-refractivity contribution is 6.09. The van der Waals surface area contributed by atoms with Gasteiger partial charge in [-0.25, -0.2) is 0 Å². The molecule has 10 heteroatoms. The quantitative estimate of drug-likeness (QED) is 0.268. The monoisotopic (exact) mass is 486 g/mol. The maximum absolute atomic E-state index is 13.4. The summed E-state index contributed by atoms with van der Waals surface area (Å²) in [4.78, 5) is 13.4. The zero-order chi connectivity index (χ0) is 25.3. The third-order valence-electron chi connectivity index (χ3n) is 6.64. The first-order valence-electron chi connectivity index (χ1n) is 11.5. The van der Waals surface area contributed by atoms with E-state index in [9.17, 15) is 18.0 Å². The summed E-state index contributed by atoms with van der Waals surface area (Å²) < 4.78 is 40.5. The molecule has 0 aliphatic heterocycles. The van der Waals surface area contributed by atoms with Gasteiger partial charge >= 0.3 is 6.18 Å². The number of nitrogens with two attached hydrogens (primary N) is 3. The van der Waals surface area contributed by atoms with Crippen LogP contribution in [0, 0.1) is 5.41 Å². The molecule has 7 nitrogen and oxygen atoms in total. The normalized spacial score (nSPS) is 18.5. The predicted octanol–water partition coefficient (Wildman–Crippen LogP) is 3.77. The van der Waals surface area contributed by atoms with Crippen molar-refractivity contribution in [1.82, 2.24) is 9.88 Å². The molecule has 1 amide bonds. The minimum Gasteiger partial charge on any atom is -0.396 e. The predicted molar refractivity (Wildman–Crippen MR) is 130 cm³/mol. The van der Waals surface area contributed by atoms with E-state index in [4.69, 9.17) is 22.6 Å². The molecule has 1 aliphatic rings. The number of carbonyl (C=O) groups excluding carboxylic acids is 1. The molecule has 0 atom stereocenters. The van der Waals surface area contributed by atoms with E-state index in [1.807, 2.05) is 0 Å². The summed E-state index contributed by atoms with van der Waals surface area (Å²) in [6, 6.07) is 10.2. The number of anilines is 1. The maximum Gasteiger partial charge on any atom is 0.416 e. The number of amides is 1. The molecular weight excluding hydrogens is 457 g/mol. The Bertz CT molecular complexity index is 1240. The fraction of sp³-hybridized carbons (Fsp3) is 0.360. The Hall–Kier alpha value is -3.53. The van der Waals surface area contributed by atoms with E-state index in [1.165, 1.54) is 12.1 Å². The molecule has 0 bridgehead atoms. The molecule has 0 unspecified atom stereocenters. The minimum absolute atomic E-state index is 0.00384. The Morgan fingerprint density at radius 2 is 1.74 bits per heavy atom. The maximum atomic E-state index is 13.4. The lowest BCUT2D eigenvalue weighted by atomic mass is 9.92. The van der Waals surface area contributed by atoms with Crippen molar-refractivity contribution in [2.45, 2.75) is 56.9 Å². The Morgan fingerprint density at radius 3 is 2.34 bits per heavy atom. The Balaban J connectivity index is 1.66. The zero-order valence-corrected chi connectivity index (χ0v) is 19.2. The SMILES string of the molecule is N=C(N)c1ccc2c(N)c(C(=O)NC3CCC(N)CC3)n(CCc3ccc(C(F)(F)F)cc3)c2c1. The molecular formula is C25H29F3N6O. The standard InChI is InChI=1S/C25H29F3N6O/c26-25(27,28)16-4-1-14(2-5-16)11-12-34-20-13-15(23(31)32)3-10-19(20)21(30)22(34)24(35)33-18-8-6-17(29)7-9-18/h1-5,10,13,17-18H,6-9,11-12,29-30H2,(H3,31,32)(H,33,35). The average molecular weight is 487 g/mol. The van der Waals surface area contributed by atoms with Crippen LogP contribution in [-0.2, 0) is 19.1 Å². The summed E-state index contributed by atoms with van der Waals surface area (Å²) in [7, 11) is 0. The van der Waals surface area contributed by atoms with Crippen LogP contribution in [0.4, 0.5) is 18.9 Å². The number of hydrogen-bond donors (Lipinski definition) is 5. The second-order valence-electron chi connectivity index (χ2n) is 9.09. The van der Waals surface area contributed by atoms with Gasteiger partial charge in [0.25, 0.3) is 5.91 Å². The number of benzene rings is 2. The van der Waals surface area contributed by atoms with Gasteiger partial charge in [-0.2, -0.15) is 13.2 Å². The average Bonchev–Trinajstić information content (AvgIpc) is 3.10.